The molecule has 0 aromatic carbocycles. The second kappa shape index (κ2) is 9.92. The fourth-order valence-electron chi connectivity index (χ4n) is 2.54. The average molecular weight is 363 g/mol. The highest BCUT2D eigenvalue weighted by atomic mass is 79.9. The highest BCUT2D eigenvalue weighted by molar-refractivity contribution is 9.09. The molecule has 0 atom stereocenters. The fourth-order valence-corrected chi connectivity index (χ4v) is 2.70. The number of carbonyl (C=O) groups excluding carboxylic acids is 3. The Morgan fingerprint density at radius 1 is 0.952 bits per heavy atom. The van der Waals surface area contributed by atoms with E-state index >= 15 is 0 Å². The average Bonchev–Trinajstić information content (AvgIpc) is 2.51. The maximum atomic E-state index is 11.8. The van der Waals surface area contributed by atoms with Gasteiger partial charge in [0.2, 0.25) is 0 Å². The van der Waals surface area contributed by atoms with Crippen LogP contribution in [0.25, 0.3) is 0 Å². The topological polar surface area (TPSA) is 69.7 Å². The smallest absolute Gasteiger partial charge is 0.345 e. The lowest BCUT2D eigenvalue weighted by atomic mass is 9.89. The Hall–Kier alpha value is -0.910. The fraction of sp³-hybridized carbons (Fsp3) is 0.800. The Kier molecular flexibility index (Phi) is 8.57. The van der Waals surface area contributed by atoms with E-state index in [1.165, 1.54) is 6.42 Å². The van der Waals surface area contributed by atoms with E-state index < -0.39 is 24.1 Å². The minimum absolute atomic E-state index is 0.0269. The third-order valence-corrected chi connectivity index (χ3v) is 4.15. The summed E-state index contributed by atoms with van der Waals surface area (Å²) in [5.41, 5.74) is -1.05. The monoisotopic (exact) mass is 362 g/mol. The van der Waals surface area contributed by atoms with Gasteiger partial charge in [0.25, 0.3) is 0 Å². The first-order chi connectivity index (χ1) is 10.1. The molecule has 1 fully saturated rings. The molecule has 1 rings (SSSR count). The van der Waals surface area contributed by atoms with Crippen LogP contribution in [-0.2, 0) is 23.9 Å². The van der Waals surface area contributed by atoms with Crippen LogP contribution >= 0.6 is 15.9 Å². The molecule has 0 amide bonds. The number of carbonyl (C=O) groups is 3. The van der Waals surface area contributed by atoms with Crippen LogP contribution in [0.2, 0.25) is 0 Å². The van der Waals surface area contributed by atoms with E-state index in [1.54, 1.807) is 0 Å². The number of ether oxygens (including phenoxy) is 2. The molecular formula is C15H23BrO5. The van der Waals surface area contributed by atoms with Gasteiger partial charge in [0.05, 0.1) is 0 Å². The Bertz CT molecular complexity index is 346. The molecule has 0 radical (unpaired) electrons. The summed E-state index contributed by atoms with van der Waals surface area (Å²) in [5.74, 6) is -1.19. The highest BCUT2D eigenvalue weighted by Crippen LogP contribution is 2.27. The number of hydrogen-bond acceptors (Lipinski definition) is 5. The van der Waals surface area contributed by atoms with Crippen molar-refractivity contribution in [2.75, 3.05) is 11.9 Å². The van der Waals surface area contributed by atoms with E-state index in [0.29, 0.717) is 12.8 Å². The summed E-state index contributed by atoms with van der Waals surface area (Å²) in [7, 11) is 0. The summed E-state index contributed by atoms with van der Waals surface area (Å²) in [6.45, 7) is -0.444. The maximum absolute atomic E-state index is 11.8. The third-order valence-electron chi connectivity index (χ3n) is 3.69. The molecule has 1 aliphatic rings. The van der Waals surface area contributed by atoms with Gasteiger partial charge in [0.15, 0.2) is 18.5 Å². The normalized spacial score (nSPS) is 19.3. The first kappa shape index (κ1) is 18.1. The minimum atomic E-state index is -1.05. The van der Waals surface area contributed by atoms with Crippen molar-refractivity contribution in [2.45, 2.75) is 63.4 Å². The molecule has 0 saturated heterocycles. The second-order valence-corrected chi connectivity index (χ2v) is 5.99. The second-order valence-electron chi connectivity index (χ2n) is 5.43. The van der Waals surface area contributed by atoms with Crippen LogP contribution < -0.4 is 0 Å². The van der Waals surface area contributed by atoms with E-state index in [0.717, 1.165) is 44.8 Å². The van der Waals surface area contributed by atoms with Gasteiger partial charge < -0.3 is 9.47 Å². The molecule has 0 unspecified atom stereocenters. The molecule has 1 saturated carbocycles. The summed E-state index contributed by atoms with van der Waals surface area (Å²) >= 11 is 2.94. The Morgan fingerprint density at radius 2 is 1.48 bits per heavy atom. The van der Waals surface area contributed by atoms with Crippen LogP contribution in [0.3, 0.4) is 0 Å². The zero-order valence-electron chi connectivity index (χ0n) is 12.3. The van der Waals surface area contributed by atoms with Gasteiger partial charge in [0, 0.05) is 0 Å². The van der Waals surface area contributed by atoms with E-state index in [1.807, 2.05) is 0 Å². The molecular weight excluding hydrogens is 340 g/mol. The first-order valence-corrected chi connectivity index (χ1v) is 8.64. The van der Waals surface area contributed by atoms with Crippen molar-refractivity contribution in [2.24, 2.45) is 0 Å². The van der Waals surface area contributed by atoms with E-state index in [2.05, 4.69) is 15.9 Å². The molecule has 0 aliphatic heterocycles. The molecule has 6 heteroatoms. The van der Waals surface area contributed by atoms with Crippen molar-refractivity contribution < 1.29 is 23.9 Å². The van der Waals surface area contributed by atoms with E-state index in [4.69, 9.17) is 9.47 Å². The molecule has 21 heavy (non-hydrogen) atoms. The van der Waals surface area contributed by atoms with Gasteiger partial charge in [0.1, 0.15) is 5.33 Å². The zero-order chi connectivity index (χ0) is 15.6. The van der Waals surface area contributed by atoms with Crippen LogP contribution in [0, 0.1) is 0 Å². The molecule has 0 aromatic heterocycles. The molecule has 0 bridgehead atoms. The molecule has 0 spiro atoms. The molecule has 120 valence electrons. The van der Waals surface area contributed by atoms with Crippen molar-refractivity contribution in [3.63, 3.8) is 0 Å². The van der Waals surface area contributed by atoms with Crippen molar-refractivity contribution in [1.29, 1.82) is 0 Å². The van der Waals surface area contributed by atoms with Gasteiger partial charge in [-0.3, -0.25) is 9.59 Å². The van der Waals surface area contributed by atoms with Crippen LogP contribution in [0.4, 0.5) is 0 Å². The number of hydrogen-bond donors (Lipinski definition) is 0. The lowest BCUT2D eigenvalue weighted by Crippen LogP contribution is -2.38. The van der Waals surface area contributed by atoms with Crippen LogP contribution in [-0.4, -0.2) is 35.8 Å². The summed E-state index contributed by atoms with van der Waals surface area (Å²) in [4.78, 5) is 34.3. The largest absolute Gasteiger partial charge is 0.453 e. The Labute approximate surface area is 133 Å². The molecule has 0 heterocycles. The summed E-state index contributed by atoms with van der Waals surface area (Å²) in [5, 5.41) is 0.0269. The third kappa shape index (κ3) is 7.07. The van der Waals surface area contributed by atoms with Crippen molar-refractivity contribution in [3.8, 4) is 0 Å². The van der Waals surface area contributed by atoms with Gasteiger partial charge in [-0.2, -0.15) is 0 Å². The van der Waals surface area contributed by atoms with Gasteiger partial charge in [-0.15, -0.1) is 0 Å². The van der Waals surface area contributed by atoms with Crippen molar-refractivity contribution >= 4 is 34.2 Å². The van der Waals surface area contributed by atoms with Crippen LogP contribution in [0.15, 0.2) is 0 Å². The predicted molar refractivity (Wildman–Crippen MR) is 81.2 cm³/mol. The number of esters is 2. The van der Waals surface area contributed by atoms with Gasteiger partial charge in [-0.1, -0.05) is 48.0 Å². The molecule has 5 nitrogen and oxygen atoms in total. The number of aldehydes is 1. The Balaban J connectivity index is 2.55. The maximum Gasteiger partial charge on any atom is 0.345 e. The van der Waals surface area contributed by atoms with Crippen molar-refractivity contribution in [1.82, 2.24) is 0 Å². The first-order valence-electron chi connectivity index (χ1n) is 7.52. The van der Waals surface area contributed by atoms with Gasteiger partial charge >= 0.3 is 11.9 Å². The van der Waals surface area contributed by atoms with Gasteiger partial charge in [-0.25, -0.2) is 4.79 Å². The molecule has 0 N–H and O–H groups in total. The number of rotatable bonds is 5. The van der Waals surface area contributed by atoms with Gasteiger partial charge in [-0.05, 0) is 25.7 Å². The summed E-state index contributed by atoms with van der Waals surface area (Å²) in [6, 6.07) is 0. The van der Waals surface area contributed by atoms with Crippen LogP contribution in [0.5, 0.6) is 0 Å². The lowest BCUT2D eigenvalue weighted by molar-refractivity contribution is -0.172. The zero-order valence-corrected chi connectivity index (χ0v) is 13.9. The number of halogens is 1. The van der Waals surface area contributed by atoms with E-state index in [9.17, 15) is 14.4 Å². The Morgan fingerprint density at radius 3 is 1.95 bits per heavy atom. The SMILES string of the molecule is O=CC1(OC(=O)COC(=O)CBr)CCCCCCCCC1. The lowest BCUT2D eigenvalue weighted by Gasteiger charge is -2.29. The summed E-state index contributed by atoms with van der Waals surface area (Å²) < 4.78 is 10.1. The standard InChI is InChI=1S/C15H23BrO5/c16-10-13(18)20-11-14(19)21-15(12-17)8-6-4-2-1-3-5-7-9-15/h12H,1-11H2. The van der Waals surface area contributed by atoms with Crippen molar-refractivity contribution in [3.05, 3.63) is 0 Å². The minimum Gasteiger partial charge on any atom is -0.453 e. The highest BCUT2D eigenvalue weighted by Gasteiger charge is 2.33. The predicted octanol–water partition coefficient (Wildman–Crippen LogP) is 2.93. The van der Waals surface area contributed by atoms with Crippen LogP contribution in [0.1, 0.15) is 57.8 Å². The quantitative estimate of drug-likeness (QED) is 0.427. The summed E-state index contributed by atoms with van der Waals surface area (Å²) in [6.07, 6.45) is 9.23. The number of alkyl halides is 1. The molecule has 1 aliphatic carbocycles. The molecule has 0 aromatic rings. The van der Waals surface area contributed by atoms with E-state index in [-0.39, 0.29) is 5.33 Å².